The third kappa shape index (κ3) is 8.49. The number of benzene rings is 1. The largest absolute Gasteiger partial charge is 0.392 e. The third-order valence-electron chi connectivity index (χ3n) is 6.61. The van der Waals surface area contributed by atoms with Gasteiger partial charge >= 0.3 is 0 Å². The number of hydrogen-bond acceptors (Lipinski definition) is 3. The van der Waals surface area contributed by atoms with Crippen molar-refractivity contribution in [3.63, 3.8) is 0 Å². The van der Waals surface area contributed by atoms with E-state index in [0.29, 0.717) is 0 Å². The molecule has 3 heteroatoms. The van der Waals surface area contributed by atoms with E-state index >= 15 is 0 Å². The van der Waals surface area contributed by atoms with Gasteiger partial charge < -0.3 is 10.0 Å². The van der Waals surface area contributed by atoms with Crippen molar-refractivity contribution < 1.29 is 5.11 Å². The highest BCUT2D eigenvalue weighted by Gasteiger charge is 2.36. The van der Waals surface area contributed by atoms with Gasteiger partial charge in [0.25, 0.3) is 0 Å². The van der Waals surface area contributed by atoms with E-state index in [-0.39, 0.29) is 11.5 Å². The van der Waals surface area contributed by atoms with Gasteiger partial charge in [0, 0.05) is 19.6 Å². The molecule has 1 aliphatic rings. The van der Waals surface area contributed by atoms with E-state index in [0.717, 1.165) is 50.9 Å². The maximum Gasteiger partial charge on any atom is 0.0846 e. The summed E-state index contributed by atoms with van der Waals surface area (Å²) in [4.78, 5) is 2.35. The molecule has 0 aromatic heterocycles. The average molecular weight is 399 g/mol. The van der Waals surface area contributed by atoms with Crippen LogP contribution >= 0.6 is 0 Å². The zero-order valence-electron chi connectivity index (χ0n) is 18.6. The van der Waals surface area contributed by atoms with Crippen LogP contribution in [0.3, 0.4) is 0 Å². The van der Waals surface area contributed by atoms with Crippen LogP contribution in [0, 0.1) is 11.3 Å². The second-order valence-corrected chi connectivity index (χ2v) is 8.99. The van der Waals surface area contributed by atoms with Gasteiger partial charge in [0.1, 0.15) is 0 Å². The SMILES string of the molecule is CCCCCCCCCCCC[C@@H](O)CN1CCC(C#N)(c2ccccc2)CC1. The van der Waals surface area contributed by atoms with Crippen LogP contribution in [0.25, 0.3) is 0 Å². The van der Waals surface area contributed by atoms with Crippen LogP contribution in [0.15, 0.2) is 30.3 Å². The Kier molecular flexibility index (Phi) is 11.4. The summed E-state index contributed by atoms with van der Waals surface area (Å²) in [5.74, 6) is 0. The van der Waals surface area contributed by atoms with Crippen LogP contribution in [0.2, 0.25) is 0 Å². The zero-order chi connectivity index (χ0) is 20.8. The topological polar surface area (TPSA) is 47.3 Å². The first-order valence-electron chi connectivity index (χ1n) is 12.1. The molecule has 1 fully saturated rings. The number of likely N-dealkylation sites (tertiary alicyclic amines) is 1. The van der Waals surface area contributed by atoms with E-state index in [1.807, 2.05) is 18.2 Å². The lowest BCUT2D eigenvalue weighted by atomic mass is 9.74. The number of aliphatic hydroxyl groups is 1. The molecule has 1 aromatic carbocycles. The molecule has 29 heavy (non-hydrogen) atoms. The van der Waals surface area contributed by atoms with E-state index in [2.05, 4.69) is 30.0 Å². The molecule has 162 valence electrons. The molecule has 2 rings (SSSR count). The number of aliphatic hydroxyl groups excluding tert-OH is 1. The smallest absolute Gasteiger partial charge is 0.0846 e. The van der Waals surface area contributed by atoms with E-state index in [1.165, 1.54) is 57.8 Å². The summed E-state index contributed by atoms with van der Waals surface area (Å²) in [6, 6.07) is 12.8. The first-order chi connectivity index (χ1) is 14.2. The van der Waals surface area contributed by atoms with Gasteiger partial charge in [-0.15, -0.1) is 0 Å². The number of hydrogen-bond donors (Lipinski definition) is 1. The van der Waals surface area contributed by atoms with Crippen LogP contribution in [-0.2, 0) is 5.41 Å². The monoisotopic (exact) mass is 398 g/mol. The Morgan fingerprint density at radius 3 is 2.03 bits per heavy atom. The van der Waals surface area contributed by atoms with Crippen molar-refractivity contribution in [3.8, 4) is 6.07 Å². The first-order valence-corrected chi connectivity index (χ1v) is 12.1. The second kappa shape index (κ2) is 13.8. The van der Waals surface area contributed by atoms with Gasteiger partial charge in [-0.2, -0.15) is 5.26 Å². The Balaban J connectivity index is 1.54. The Morgan fingerprint density at radius 1 is 0.931 bits per heavy atom. The van der Waals surface area contributed by atoms with E-state index in [1.54, 1.807) is 0 Å². The summed E-state index contributed by atoms with van der Waals surface area (Å²) in [6.45, 7) is 4.83. The molecular formula is C26H42N2O. The van der Waals surface area contributed by atoms with Crippen molar-refractivity contribution in [1.82, 2.24) is 4.90 Å². The molecule has 0 bridgehead atoms. The van der Waals surface area contributed by atoms with Crippen molar-refractivity contribution in [2.45, 2.75) is 102 Å². The quantitative estimate of drug-likeness (QED) is 0.379. The summed E-state index contributed by atoms with van der Waals surface area (Å²) in [5, 5.41) is 20.2. The maximum atomic E-state index is 10.4. The minimum atomic E-state index is -0.348. The molecule has 1 aromatic rings. The fraction of sp³-hybridized carbons (Fsp3) is 0.731. The molecule has 0 radical (unpaired) electrons. The van der Waals surface area contributed by atoms with Crippen molar-refractivity contribution in [1.29, 1.82) is 5.26 Å². The summed E-state index contributed by atoms with van der Waals surface area (Å²) in [7, 11) is 0. The summed E-state index contributed by atoms with van der Waals surface area (Å²) in [5.41, 5.74) is 0.798. The highest BCUT2D eigenvalue weighted by atomic mass is 16.3. The molecule has 0 unspecified atom stereocenters. The normalized spacial score (nSPS) is 17.7. The van der Waals surface area contributed by atoms with Crippen LogP contribution in [0.5, 0.6) is 0 Å². The Morgan fingerprint density at radius 2 is 1.48 bits per heavy atom. The average Bonchev–Trinajstić information content (AvgIpc) is 2.76. The van der Waals surface area contributed by atoms with Crippen LogP contribution in [0.1, 0.15) is 96.0 Å². The molecule has 0 spiro atoms. The molecular weight excluding hydrogens is 356 g/mol. The third-order valence-corrected chi connectivity index (χ3v) is 6.61. The highest BCUT2D eigenvalue weighted by molar-refractivity contribution is 5.33. The van der Waals surface area contributed by atoms with Crippen LogP contribution in [0.4, 0.5) is 0 Å². The summed E-state index contributed by atoms with van der Waals surface area (Å²) in [6.07, 6.45) is 15.7. The Labute approximate surface area is 179 Å². The highest BCUT2D eigenvalue weighted by Crippen LogP contribution is 2.34. The Hall–Kier alpha value is -1.37. The van der Waals surface area contributed by atoms with Gasteiger partial charge in [-0.3, -0.25) is 0 Å². The molecule has 1 aliphatic heterocycles. The van der Waals surface area contributed by atoms with Crippen molar-refractivity contribution in [2.75, 3.05) is 19.6 Å². The zero-order valence-corrected chi connectivity index (χ0v) is 18.6. The van der Waals surface area contributed by atoms with Crippen LogP contribution in [-0.4, -0.2) is 35.7 Å². The first kappa shape index (κ1) is 23.9. The predicted octanol–water partition coefficient (Wildman–Crippen LogP) is 6.22. The number of rotatable bonds is 14. The number of nitrogens with zero attached hydrogens (tertiary/aromatic N) is 2. The minimum absolute atomic E-state index is 0.227. The molecule has 0 saturated carbocycles. The fourth-order valence-electron chi connectivity index (χ4n) is 4.60. The van der Waals surface area contributed by atoms with Gasteiger partial charge in [-0.05, 0) is 24.8 Å². The van der Waals surface area contributed by atoms with E-state index in [4.69, 9.17) is 0 Å². The second-order valence-electron chi connectivity index (χ2n) is 8.99. The fourth-order valence-corrected chi connectivity index (χ4v) is 4.60. The summed E-state index contributed by atoms with van der Waals surface area (Å²) < 4.78 is 0. The molecule has 1 N–H and O–H groups in total. The molecule has 3 nitrogen and oxygen atoms in total. The minimum Gasteiger partial charge on any atom is -0.392 e. The predicted molar refractivity (Wildman–Crippen MR) is 122 cm³/mol. The number of piperidine rings is 1. The van der Waals surface area contributed by atoms with Crippen molar-refractivity contribution in [3.05, 3.63) is 35.9 Å². The standard InChI is InChI=1S/C26H42N2O/c1-2-3-4-5-6-7-8-9-10-14-17-25(29)22-28-20-18-26(23-27,19-21-28)24-15-12-11-13-16-24/h11-13,15-16,25,29H,2-10,14,17-22H2,1H3/t25-/m1/s1. The molecule has 1 heterocycles. The number of nitriles is 1. The lowest BCUT2D eigenvalue weighted by Gasteiger charge is -2.38. The lowest BCUT2D eigenvalue weighted by molar-refractivity contribution is 0.0825. The Bertz CT molecular complexity index is 572. The molecule has 1 saturated heterocycles. The molecule has 0 amide bonds. The van der Waals surface area contributed by atoms with E-state index < -0.39 is 0 Å². The number of β-amino-alcohol motifs (C(OH)–C–C–N with tert-alkyl or cyclic N) is 1. The van der Waals surface area contributed by atoms with Gasteiger partial charge in [-0.1, -0.05) is 101 Å². The van der Waals surface area contributed by atoms with Gasteiger partial charge in [0.15, 0.2) is 0 Å². The number of unbranched alkanes of at least 4 members (excludes halogenated alkanes) is 9. The van der Waals surface area contributed by atoms with Crippen molar-refractivity contribution in [2.24, 2.45) is 0 Å². The van der Waals surface area contributed by atoms with Gasteiger partial charge in [-0.25, -0.2) is 0 Å². The van der Waals surface area contributed by atoms with Gasteiger partial charge in [0.05, 0.1) is 17.6 Å². The van der Waals surface area contributed by atoms with Gasteiger partial charge in [0.2, 0.25) is 0 Å². The van der Waals surface area contributed by atoms with E-state index in [9.17, 15) is 10.4 Å². The maximum absolute atomic E-state index is 10.4. The summed E-state index contributed by atoms with van der Waals surface area (Å²) >= 11 is 0. The van der Waals surface area contributed by atoms with Crippen LogP contribution < -0.4 is 0 Å². The molecule has 1 atom stereocenters. The van der Waals surface area contributed by atoms with Crippen molar-refractivity contribution >= 4 is 0 Å². The lowest BCUT2D eigenvalue weighted by Crippen LogP contribution is -2.44. The molecule has 0 aliphatic carbocycles.